The molecular formula is C18H22ClN3O4. The lowest BCUT2D eigenvalue weighted by Gasteiger charge is -2.21. The van der Waals surface area contributed by atoms with E-state index in [1.54, 1.807) is 18.2 Å². The zero-order valence-electron chi connectivity index (χ0n) is 15.4. The molecule has 2 rings (SSSR count). The van der Waals surface area contributed by atoms with Crippen LogP contribution >= 0.6 is 11.6 Å². The zero-order chi connectivity index (χ0) is 19.5. The van der Waals surface area contributed by atoms with Gasteiger partial charge in [-0.15, -0.1) is 0 Å². The van der Waals surface area contributed by atoms with E-state index in [1.165, 1.54) is 25.1 Å². The van der Waals surface area contributed by atoms with E-state index in [9.17, 15) is 9.59 Å². The van der Waals surface area contributed by atoms with Crippen LogP contribution in [0.3, 0.4) is 0 Å². The average molecular weight is 380 g/mol. The molecule has 8 heteroatoms. The van der Waals surface area contributed by atoms with E-state index in [4.69, 9.17) is 21.1 Å². The number of esters is 1. The van der Waals surface area contributed by atoms with Crippen molar-refractivity contribution in [2.24, 2.45) is 0 Å². The molecule has 0 bridgehead atoms. The molecule has 1 aromatic carbocycles. The van der Waals surface area contributed by atoms with Gasteiger partial charge in [-0.1, -0.05) is 17.7 Å². The van der Waals surface area contributed by atoms with Crippen LogP contribution in [-0.2, 0) is 16.8 Å². The van der Waals surface area contributed by atoms with Crippen LogP contribution in [0.1, 0.15) is 36.7 Å². The molecule has 140 valence electrons. The fraction of sp³-hybridized carbons (Fsp3) is 0.389. The quantitative estimate of drug-likeness (QED) is 0.804. The van der Waals surface area contributed by atoms with E-state index in [1.807, 2.05) is 20.8 Å². The third-order valence-corrected chi connectivity index (χ3v) is 4.07. The second-order valence-corrected chi connectivity index (χ2v) is 7.02. The summed E-state index contributed by atoms with van der Waals surface area (Å²) in [6.45, 7) is 5.96. The molecule has 7 nitrogen and oxygen atoms in total. The maximum atomic E-state index is 12.4. The van der Waals surface area contributed by atoms with Crippen LogP contribution in [0.25, 0.3) is 0 Å². The van der Waals surface area contributed by atoms with Crippen LogP contribution < -0.4 is 15.6 Å². The largest absolute Gasteiger partial charge is 0.496 e. The van der Waals surface area contributed by atoms with Crippen molar-refractivity contribution in [3.05, 3.63) is 50.9 Å². The number of carbonyl (C=O) groups is 1. The number of benzene rings is 1. The monoisotopic (exact) mass is 379 g/mol. The standard InChI is InChI=1S/C18H22ClN3O4/c1-18(2,3)22-16(23)15(19)13(10-21-22)20-9-11-6-7-14(25-4)12(8-11)17(24)26-5/h6-8,10,20H,9H2,1-5H3. The number of carbonyl (C=O) groups excluding carboxylic acids is 1. The number of ether oxygens (including phenoxy) is 2. The highest BCUT2D eigenvalue weighted by Gasteiger charge is 2.19. The molecule has 0 aliphatic heterocycles. The predicted molar refractivity (Wildman–Crippen MR) is 100 cm³/mol. The second-order valence-electron chi connectivity index (χ2n) is 6.64. The minimum atomic E-state index is -0.490. The van der Waals surface area contributed by atoms with Gasteiger partial charge in [0.15, 0.2) is 0 Å². The lowest BCUT2D eigenvalue weighted by atomic mass is 10.1. The van der Waals surface area contributed by atoms with Gasteiger partial charge < -0.3 is 14.8 Å². The van der Waals surface area contributed by atoms with E-state index in [0.29, 0.717) is 23.5 Å². The molecule has 2 aromatic rings. The highest BCUT2D eigenvalue weighted by Crippen LogP contribution is 2.23. The van der Waals surface area contributed by atoms with Gasteiger partial charge in [0.2, 0.25) is 0 Å². The first kappa shape index (κ1) is 19.8. The first-order chi connectivity index (χ1) is 12.2. The number of rotatable bonds is 5. The van der Waals surface area contributed by atoms with Crippen LogP contribution in [0.15, 0.2) is 29.2 Å². The number of anilines is 1. The van der Waals surface area contributed by atoms with Crippen molar-refractivity contribution in [2.45, 2.75) is 32.9 Å². The summed E-state index contributed by atoms with van der Waals surface area (Å²) in [4.78, 5) is 24.2. The number of aromatic nitrogens is 2. The molecule has 0 spiro atoms. The molecule has 0 unspecified atom stereocenters. The van der Waals surface area contributed by atoms with E-state index >= 15 is 0 Å². The Hall–Kier alpha value is -2.54. The molecule has 1 heterocycles. The lowest BCUT2D eigenvalue weighted by Crippen LogP contribution is -2.36. The molecule has 0 aliphatic carbocycles. The predicted octanol–water partition coefficient (Wildman–Crippen LogP) is 3.06. The van der Waals surface area contributed by atoms with Gasteiger partial charge in [-0.3, -0.25) is 4.79 Å². The van der Waals surface area contributed by atoms with Crippen molar-refractivity contribution < 1.29 is 14.3 Å². The van der Waals surface area contributed by atoms with Crippen molar-refractivity contribution in [3.63, 3.8) is 0 Å². The molecule has 0 saturated heterocycles. The lowest BCUT2D eigenvalue weighted by molar-refractivity contribution is 0.0597. The van der Waals surface area contributed by atoms with Gasteiger partial charge in [0, 0.05) is 6.54 Å². The highest BCUT2D eigenvalue weighted by molar-refractivity contribution is 6.32. The Morgan fingerprint density at radius 3 is 2.58 bits per heavy atom. The second kappa shape index (κ2) is 7.78. The van der Waals surface area contributed by atoms with Crippen molar-refractivity contribution in [2.75, 3.05) is 19.5 Å². The van der Waals surface area contributed by atoms with Gasteiger partial charge in [0.05, 0.1) is 31.6 Å². The fourth-order valence-corrected chi connectivity index (χ4v) is 2.56. The Bertz CT molecular complexity index is 872. The van der Waals surface area contributed by atoms with Crippen LogP contribution in [0.2, 0.25) is 5.02 Å². The van der Waals surface area contributed by atoms with Crippen molar-refractivity contribution >= 4 is 23.3 Å². The Morgan fingerprint density at radius 1 is 1.31 bits per heavy atom. The van der Waals surface area contributed by atoms with E-state index in [2.05, 4.69) is 10.4 Å². The van der Waals surface area contributed by atoms with E-state index in [0.717, 1.165) is 5.56 Å². The molecular weight excluding hydrogens is 358 g/mol. The van der Waals surface area contributed by atoms with Gasteiger partial charge >= 0.3 is 5.97 Å². The number of nitrogens with one attached hydrogen (secondary N) is 1. The smallest absolute Gasteiger partial charge is 0.341 e. The third-order valence-electron chi connectivity index (χ3n) is 3.71. The maximum Gasteiger partial charge on any atom is 0.341 e. The van der Waals surface area contributed by atoms with Crippen molar-refractivity contribution in [3.8, 4) is 5.75 Å². The summed E-state index contributed by atoms with van der Waals surface area (Å²) in [7, 11) is 2.79. The first-order valence-electron chi connectivity index (χ1n) is 7.96. The van der Waals surface area contributed by atoms with Gasteiger partial charge in [-0.05, 0) is 38.5 Å². The minimum Gasteiger partial charge on any atom is -0.496 e. The van der Waals surface area contributed by atoms with Gasteiger partial charge in [0.25, 0.3) is 5.56 Å². The normalized spacial score (nSPS) is 11.2. The molecule has 0 fully saturated rings. The minimum absolute atomic E-state index is 0.0663. The van der Waals surface area contributed by atoms with Gasteiger partial charge in [-0.2, -0.15) is 5.10 Å². The van der Waals surface area contributed by atoms with E-state index < -0.39 is 11.5 Å². The van der Waals surface area contributed by atoms with E-state index in [-0.39, 0.29) is 10.6 Å². The van der Waals surface area contributed by atoms with Crippen LogP contribution in [-0.4, -0.2) is 30.0 Å². The average Bonchev–Trinajstić information content (AvgIpc) is 2.60. The van der Waals surface area contributed by atoms with Crippen LogP contribution in [0.4, 0.5) is 5.69 Å². The number of methoxy groups -OCH3 is 2. The van der Waals surface area contributed by atoms with Crippen LogP contribution in [0.5, 0.6) is 5.75 Å². The molecule has 0 radical (unpaired) electrons. The summed E-state index contributed by atoms with van der Waals surface area (Å²) in [5, 5.41) is 7.31. The number of halogens is 1. The molecule has 0 amide bonds. The molecule has 0 aliphatic rings. The number of nitrogens with zero attached hydrogens (tertiary/aromatic N) is 2. The molecule has 0 saturated carbocycles. The molecule has 1 N–H and O–H groups in total. The van der Waals surface area contributed by atoms with Crippen molar-refractivity contribution in [1.29, 1.82) is 0 Å². The third kappa shape index (κ3) is 4.16. The summed E-state index contributed by atoms with van der Waals surface area (Å²) < 4.78 is 11.3. The number of hydrogen-bond acceptors (Lipinski definition) is 6. The zero-order valence-corrected chi connectivity index (χ0v) is 16.2. The summed E-state index contributed by atoms with van der Waals surface area (Å²) in [5.41, 5.74) is 0.704. The summed E-state index contributed by atoms with van der Waals surface area (Å²) in [6, 6.07) is 5.14. The van der Waals surface area contributed by atoms with Crippen LogP contribution in [0, 0.1) is 0 Å². The highest BCUT2D eigenvalue weighted by atomic mass is 35.5. The summed E-state index contributed by atoms with van der Waals surface area (Å²) >= 11 is 6.19. The maximum absolute atomic E-state index is 12.4. The molecule has 26 heavy (non-hydrogen) atoms. The fourth-order valence-electron chi connectivity index (χ4n) is 2.37. The van der Waals surface area contributed by atoms with Gasteiger partial charge in [-0.25, -0.2) is 9.48 Å². The summed E-state index contributed by atoms with van der Waals surface area (Å²) in [5.74, 6) is -0.0655. The molecule has 0 atom stereocenters. The van der Waals surface area contributed by atoms with Gasteiger partial charge in [0.1, 0.15) is 16.3 Å². The SMILES string of the molecule is COC(=O)c1cc(CNc2cnn(C(C)(C)C)c(=O)c2Cl)ccc1OC. The topological polar surface area (TPSA) is 82.5 Å². The Kier molecular flexibility index (Phi) is 5.92. The number of hydrogen-bond donors (Lipinski definition) is 1. The molecule has 1 aromatic heterocycles. The first-order valence-corrected chi connectivity index (χ1v) is 8.34. The Balaban J connectivity index is 2.26. The Morgan fingerprint density at radius 2 is 2.00 bits per heavy atom. The van der Waals surface area contributed by atoms with Crippen molar-refractivity contribution in [1.82, 2.24) is 9.78 Å². The summed E-state index contributed by atoms with van der Waals surface area (Å²) in [6.07, 6.45) is 1.51. The Labute approximate surface area is 156 Å².